The first-order chi connectivity index (χ1) is 13.9. The van der Waals surface area contributed by atoms with Crippen LogP contribution in [0.1, 0.15) is 64.7 Å². The number of nitrogens with zero attached hydrogens (tertiary/aromatic N) is 2. The quantitative estimate of drug-likeness (QED) is 0.823. The number of nitrogens with one attached hydrogen (secondary N) is 1. The standard InChI is InChI=1S/C23H33N3O4/c1-15-9-11-25(12-10-15)19(27)14-26-17-13-16(20(28)24-22(2,3)4)7-8-18(17)30-23(5,6)21(26)29/h7-8,13,15H,9-12,14H2,1-6H3,(H,24,28). The lowest BCUT2D eigenvalue weighted by molar-refractivity contribution is -0.137. The summed E-state index contributed by atoms with van der Waals surface area (Å²) in [6.45, 7) is 12.7. The SMILES string of the molecule is CC1CCN(C(=O)CN2C(=O)C(C)(C)Oc3ccc(C(=O)NC(C)(C)C)cc32)CC1. The summed E-state index contributed by atoms with van der Waals surface area (Å²) in [5.41, 5.74) is -0.593. The fourth-order valence-corrected chi connectivity index (χ4v) is 3.77. The van der Waals surface area contributed by atoms with Gasteiger partial charge in [0, 0.05) is 24.2 Å². The molecule has 0 spiro atoms. The van der Waals surface area contributed by atoms with Crippen molar-refractivity contribution in [3.8, 4) is 5.75 Å². The molecule has 2 heterocycles. The van der Waals surface area contributed by atoms with E-state index in [4.69, 9.17) is 4.74 Å². The minimum atomic E-state index is -1.08. The van der Waals surface area contributed by atoms with Gasteiger partial charge in [-0.25, -0.2) is 0 Å². The molecule has 7 nitrogen and oxygen atoms in total. The van der Waals surface area contributed by atoms with E-state index in [1.807, 2.05) is 25.7 Å². The fourth-order valence-electron chi connectivity index (χ4n) is 3.77. The van der Waals surface area contributed by atoms with Gasteiger partial charge in [0.15, 0.2) is 5.60 Å². The van der Waals surface area contributed by atoms with E-state index >= 15 is 0 Å². The average Bonchev–Trinajstić information content (AvgIpc) is 2.64. The van der Waals surface area contributed by atoms with Crippen LogP contribution in [0.5, 0.6) is 5.75 Å². The number of ether oxygens (including phenoxy) is 1. The monoisotopic (exact) mass is 415 g/mol. The maximum atomic E-state index is 13.1. The molecule has 3 rings (SSSR count). The van der Waals surface area contributed by atoms with Gasteiger partial charge in [-0.15, -0.1) is 0 Å². The minimum Gasteiger partial charge on any atom is -0.476 e. The number of amides is 3. The first-order valence-corrected chi connectivity index (χ1v) is 10.6. The lowest BCUT2D eigenvalue weighted by atomic mass is 9.99. The summed E-state index contributed by atoms with van der Waals surface area (Å²) in [4.78, 5) is 42.0. The molecule has 0 unspecified atom stereocenters. The van der Waals surface area contributed by atoms with Gasteiger partial charge in [-0.3, -0.25) is 19.3 Å². The molecule has 2 aliphatic heterocycles. The number of anilines is 1. The molecule has 164 valence electrons. The summed E-state index contributed by atoms with van der Waals surface area (Å²) in [7, 11) is 0. The molecular weight excluding hydrogens is 382 g/mol. The second-order valence-electron chi connectivity index (χ2n) is 9.95. The number of likely N-dealkylation sites (tertiary alicyclic amines) is 1. The van der Waals surface area contributed by atoms with Crippen LogP contribution in [0.4, 0.5) is 5.69 Å². The third-order valence-electron chi connectivity index (χ3n) is 5.56. The zero-order valence-corrected chi connectivity index (χ0v) is 18.9. The molecule has 1 aromatic carbocycles. The summed E-state index contributed by atoms with van der Waals surface area (Å²) in [5.74, 6) is 0.499. The zero-order chi connectivity index (χ0) is 22.3. The van der Waals surface area contributed by atoms with Gasteiger partial charge < -0.3 is 15.0 Å². The molecule has 1 N–H and O–H groups in total. The topological polar surface area (TPSA) is 79.0 Å². The third kappa shape index (κ3) is 4.77. The second kappa shape index (κ2) is 7.93. The largest absolute Gasteiger partial charge is 0.476 e. The van der Waals surface area contributed by atoms with E-state index in [0.29, 0.717) is 36.0 Å². The van der Waals surface area contributed by atoms with E-state index in [-0.39, 0.29) is 29.8 Å². The van der Waals surface area contributed by atoms with Crippen molar-refractivity contribution in [1.82, 2.24) is 10.2 Å². The Bertz CT molecular complexity index is 848. The molecule has 1 fully saturated rings. The smallest absolute Gasteiger partial charge is 0.271 e. The van der Waals surface area contributed by atoms with E-state index in [1.54, 1.807) is 32.0 Å². The van der Waals surface area contributed by atoms with Crippen LogP contribution in [0.15, 0.2) is 18.2 Å². The van der Waals surface area contributed by atoms with E-state index < -0.39 is 5.60 Å². The number of piperidine rings is 1. The van der Waals surface area contributed by atoms with Gasteiger partial charge in [0.25, 0.3) is 11.8 Å². The Morgan fingerprint density at radius 3 is 2.43 bits per heavy atom. The number of benzene rings is 1. The van der Waals surface area contributed by atoms with Gasteiger partial charge in [0.2, 0.25) is 5.91 Å². The van der Waals surface area contributed by atoms with Crippen molar-refractivity contribution < 1.29 is 19.1 Å². The van der Waals surface area contributed by atoms with Crippen LogP contribution in [0.3, 0.4) is 0 Å². The molecule has 0 radical (unpaired) electrons. The molecule has 30 heavy (non-hydrogen) atoms. The van der Waals surface area contributed by atoms with Crippen LogP contribution in [0.2, 0.25) is 0 Å². The van der Waals surface area contributed by atoms with Crippen molar-refractivity contribution in [1.29, 1.82) is 0 Å². The van der Waals surface area contributed by atoms with E-state index in [1.165, 1.54) is 4.90 Å². The molecule has 2 aliphatic rings. The lowest BCUT2D eigenvalue weighted by Gasteiger charge is -2.40. The molecule has 1 saturated heterocycles. The number of carbonyl (C=O) groups excluding carboxylic acids is 3. The Hall–Kier alpha value is -2.57. The van der Waals surface area contributed by atoms with Gasteiger partial charge in [0.1, 0.15) is 12.3 Å². The van der Waals surface area contributed by atoms with Crippen molar-refractivity contribution in [2.75, 3.05) is 24.5 Å². The Labute approximate surface area is 178 Å². The van der Waals surface area contributed by atoms with Crippen LogP contribution < -0.4 is 15.0 Å². The van der Waals surface area contributed by atoms with Gasteiger partial charge in [-0.05, 0) is 71.6 Å². The van der Waals surface area contributed by atoms with Gasteiger partial charge in [0.05, 0.1) is 5.69 Å². The normalized spacial score (nSPS) is 19.2. The van der Waals surface area contributed by atoms with Crippen molar-refractivity contribution in [3.05, 3.63) is 23.8 Å². The Morgan fingerprint density at radius 1 is 1.20 bits per heavy atom. The molecule has 1 aromatic rings. The summed E-state index contributed by atoms with van der Waals surface area (Å²) in [5, 5.41) is 2.92. The average molecular weight is 416 g/mol. The van der Waals surface area contributed by atoms with Crippen LogP contribution >= 0.6 is 0 Å². The van der Waals surface area contributed by atoms with Crippen molar-refractivity contribution in [2.24, 2.45) is 5.92 Å². The highest BCUT2D eigenvalue weighted by atomic mass is 16.5. The number of hydrogen-bond acceptors (Lipinski definition) is 4. The maximum Gasteiger partial charge on any atom is 0.271 e. The van der Waals surface area contributed by atoms with Gasteiger partial charge >= 0.3 is 0 Å². The van der Waals surface area contributed by atoms with Gasteiger partial charge in [-0.1, -0.05) is 6.92 Å². The molecule has 3 amide bonds. The lowest BCUT2D eigenvalue weighted by Crippen LogP contribution is -2.55. The summed E-state index contributed by atoms with van der Waals surface area (Å²) in [6.07, 6.45) is 1.95. The van der Waals surface area contributed by atoms with Crippen molar-refractivity contribution >= 4 is 23.4 Å². The molecule has 0 aliphatic carbocycles. The highest BCUT2D eigenvalue weighted by Gasteiger charge is 2.42. The van der Waals surface area contributed by atoms with Crippen LogP contribution in [-0.2, 0) is 9.59 Å². The zero-order valence-electron chi connectivity index (χ0n) is 18.9. The first kappa shape index (κ1) is 22.1. The number of fused-ring (bicyclic) bond motifs is 1. The molecule has 0 saturated carbocycles. The maximum absolute atomic E-state index is 13.1. The Balaban J connectivity index is 1.89. The molecule has 0 bridgehead atoms. The van der Waals surface area contributed by atoms with Crippen LogP contribution in [0.25, 0.3) is 0 Å². The van der Waals surface area contributed by atoms with Crippen LogP contribution in [-0.4, -0.2) is 53.4 Å². The van der Waals surface area contributed by atoms with Gasteiger partial charge in [-0.2, -0.15) is 0 Å². The predicted molar refractivity (Wildman–Crippen MR) is 116 cm³/mol. The van der Waals surface area contributed by atoms with E-state index in [2.05, 4.69) is 12.2 Å². The number of hydrogen-bond donors (Lipinski definition) is 1. The molecule has 7 heteroatoms. The minimum absolute atomic E-state index is 0.0582. The van der Waals surface area contributed by atoms with Crippen LogP contribution in [0, 0.1) is 5.92 Å². The Kier molecular flexibility index (Phi) is 5.85. The number of rotatable bonds is 3. The summed E-state index contributed by atoms with van der Waals surface area (Å²) < 4.78 is 5.89. The molecular formula is C23H33N3O4. The summed E-state index contributed by atoms with van der Waals surface area (Å²) >= 11 is 0. The second-order valence-corrected chi connectivity index (χ2v) is 9.95. The van der Waals surface area contributed by atoms with Crippen molar-refractivity contribution in [2.45, 2.75) is 65.5 Å². The predicted octanol–water partition coefficient (Wildman–Crippen LogP) is 2.98. The number of carbonyl (C=O) groups is 3. The molecule has 0 atom stereocenters. The Morgan fingerprint density at radius 2 is 1.83 bits per heavy atom. The highest BCUT2D eigenvalue weighted by molar-refractivity contribution is 6.07. The third-order valence-corrected chi connectivity index (χ3v) is 5.56. The first-order valence-electron chi connectivity index (χ1n) is 10.6. The van der Waals surface area contributed by atoms with Crippen molar-refractivity contribution in [3.63, 3.8) is 0 Å². The highest BCUT2D eigenvalue weighted by Crippen LogP contribution is 2.38. The molecule has 0 aromatic heterocycles. The van der Waals surface area contributed by atoms with E-state index in [0.717, 1.165) is 12.8 Å². The fraction of sp³-hybridized carbons (Fsp3) is 0.609. The summed E-state index contributed by atoms with van der Waals surface area (Å²) in [6, 6.07) is 5.01. The van der Waals surface area contributed by atoms with E-state index in [9.17, 15) is 14.4 Å².